The Kier molecular flexibility index (Phi) is 3.32. The minimum atomic E-state index is -0.213. The Morgan fingerprint density at radius 3 is 2.39 bits per heavy atom. The Morgan fingerprint density at radius 1 is 1.22 bits per heavy atom. The number of allylic oxidation sites excluding steroid dienone is 1. The van der Waals surface area contributed by atoms with Crippen LogP contribution >= 0.6 is 0 Å². The van der Waals surface area contributed by atoms with Gasteiger partial charge in [-0.2, -0.15) is 0 Å². The lowest BCUT2D eigenvalue weighted by Crippen LogP contribution is -2.09. The van der Waals surface area contributed by atoms with Gasteiger partial charge in [0.15, 0.2) is 0 Å². The van der Waals surface area contributed by atoms with Crippen molar-refractivity contribution in [3.8, 4) is 0 Å². The molecule has 0 aliphatic carbocycles. The zero-order chi connectivity index (χ0) is 13.2. The zero-order valence-electron chi connectivity index (χ0n) is 10.9. The Morgan fingerprint density at radius 2 is 1.89 bits per heavy atom. The number of hydrogen-bond acceptors (Lipinski definition) is 1. The van der Waals surface area contributed by atoms with Crippen LogP contribution in [0.15, 0.2) is 43.0 Å². The molecule has 0 fully saturated rings. The second-order valence-corrected chi connectivity index (χ2v) is 5.31. The molecule has 2 aromatic rings. The third-order valence-corrected chi connectivity index (χ3v) is 2.77. The van der Waals surface area contributed by atoms with Crippen LogP contribution in [0.3, 0.4) is 0 Å². The third kappa shape index (κ3) is 2.86. The van der Waals surface area contributed by atoms with Gasteiger partial charge < -0.3 is 4.57 Å². The van der Waals surface area contributed by atoms with Crippen LogP contribution in [0.1, 0.15) is 26.3 Å². The number of hydrogen-bond donors (Lipinski definition) is 0. The first kappa shape index (κ1) is 12.6. The van der Waals surface area contributed by atoms with Gasteiger partial charge in [-0.05, 0) is 28.7 Å². The summed E-state index contributed by atoms with van der Waals surface area (Å²) >= 11 is 0. The Hall–Kier alpha value is -1.90. The van der Waals surface area contributed by atoms with Crippen LogP contribution in [-0.2, 0) is 0 Å². The molecule has 1 aromatic carbocycles. The molecule has 0 aliphatic heterocycles. The van der Waals surface area contributed by atoms with E-state index in [-0.39, 0.29) is 11.2 Å². The van der Waals surface area contributed by atoms with Gasteiger partial charge in [0.05, 0.1) is 6.33 Å². The number of halogens is 1. The van der Waals surface area contributed by atoms with E-state index in [4.69, 9.17) is 0 Å². The standard InChI is InChI=1S/C15H17FN2/c1-15(2,3)14(10-18-9-8-17-11-18)12-4-6-13(16)7-5-12/h4-11H,1-3H3. The summed E-state index contributed by atoms with van der Waals surface area (Å²) in [6.07, 6.45) is 7.40. The molecule has 0 spiro atoms. The SMILES string of the molecule is CC(C)(C)C(=Cn1ccnc1)c1ccc(F)cc1. The maximum Gasteiger partial charge on any atom is 0.123 e. The van der Waals surface area contributed by atoms with Gasteiger partial charge in [0.1, 0.15) is 5.82 Å². The summed E-state index contributed by atoms with van der Waals surface area (Å²) < 4.78 is 14.9. The molecule has 0 bridgehead atoms. The molecule has 0 unspecified atom stereocenters. The molecule has 0 N–H and O–H groups in total. The molecule has 0 radical (unpaired) electrons. The van der Waals surface area contributed by atoms with Gasteiger partial charge in [-0.1, -0.05) is 32.9 Å². The lowest BCUT2D eigenvalue weighted by atomic mass is 9.82. The first-order chi connectivity index (χ1) is 8.47. The fourth-order valence-corrected chi connectivity index (χ4v) is 1.83. The molecular weight excluding hydrogens is 227 g/mol. The van der Waals surface area contributed by atoms with Crippen molar-refractivity contribution >= 4 is 11.8 Å². The van der Waals surface area contributed by atoms with E-state index >= 15 is 0 Å². The van der Waals surface area contributed by atoms with E-state index in [0.29, 0.717) is 0 Å². The summed E-state index contributed by atoms with van der Waals surface area (Å²) in [5, 5.41) is 0. The lowest BCUT2D eigenvalue weighted by Gasteiger charge is -2.23. The smallest absolute Gasteiger partial charge is 0.123 e. The highest BCUT2D eigenvalue weighted by Crippen LogP contribution is 2.34. The number of nitrogens with zero attached hydrogens (tertiary/aromatic N) is 2. The van der Waals surface area contributed by atoms with Crippen molar-refractivity contribution in [2.24, 2.45) is 5.41 Å². The molecule has 2 nitrogen and oxygen atoms in total. The van der Waals surface area contributed by atoms with Crippen LogP contribution in [-0.4, -0.2) is 9.55 Å². The van der Waals surface area contributed by atoms with E-state index in [1.54, 1.807) is 12.5 Å². The van der Waals surface area contributed by atoms with Gasteiger partial charge in [-0.25, -0.2) is 9.37 Å². The van der Waals surface area contributed by atoms with Crippen LogP contribution in [0.4, 0.5) is 4.39 Å². The monoisotopic (exact) mass is 244 g/mol. The zero-order valence-corrected chi connectivity index (χ0v) is 10.9. The number of rotatable bonds is 2. The fraction of sp³-hybridized carbons (Fsp3) is 0.267. The summed E-state index contributed by atoms with van der Waals surface area (Å²) in [4.78, 5) is 4.02. The molecule has 0 atom stereocenters. The van der Waals surface area contributed by atoms with E-state index in [2.05, 4.69) is 25.8 Å². The van der Waals surface area contributed by atoms with E-state index in [9.17, 15) is 4.39 Å². The predicted molar refractivity (Wildman–Crippen MR) is 72.2 cm³/mol. The van der Waals surface area contributed by atoms with Gasteiger partial charge >= 0.3 is 0 Å². The van der Waals surface area contributed by atoms with E-state index in [1.165, 1.54) is 12.1 Å². The molecule has 0 amide bonds. The first-order valence-electron chi connectivity index (χ1n) is 5.92. The van der Waals surface area contributed by atoms with Crippen molar-refractivity contribution in [1.29, 1.82) is 0 Å². The number of aromatic nitrogens is 2. The van der Waals surface area contributed by atoms with Crippen molar-refractivity contribution in [3.05, 3.63) is 54.4 Å². The Labute approximate surface area is 107 Å². The topological polar surface area (TPSA) is 17.8 Å². The van der Waals surface area contributed by atoms with Gasteiger partial charge in [0.2, 0.25) is 0 Å². The van der Waals surface area contributed by atoms with Crippen molar-refractivity contribution in [2.75, 3.05) is 0 Å². The number of imidazole rings is 1. The van der Waals surface area contributed by atoms with E-state index in [1.807, 2.05) is 29.1 Å². The third-order valence-electron chi connectivity index (χ3n) is 2.77. The minimum Gasteiger partial charge on any atom is -0.313 e. The molecule has 18 heavy (non-hydrogen) atoms. The highest BCUT2D eigenvalue weighted by Gasteiger charge is 2.19. The van der Waals surface area contributed by atoms with Crippen LogP contribution in [0, 0.1) is 11.2 Å². The maximum absolute atomic E-state index is 13.0. The quantitative estimate of drug-likeness (QED) is 0.778. The Balaban J connectivity index is 2.47. The van der Waals surface area contributed by atoms with E-state index in [0.717, 1.165) is 11.1 Å². The summed E-state index contributed by atoms with van der Waals surface area (Å²) in [5.74, 6) is -0.213. The highest BCUT2D eigenvalue weighted by molar-refractivity contribution is 5.78. The molecule has 1 heterocycles. The van der Waals surface area contributed by atoms with Crippen molar-refractivity contribution < 1.29 is 4.39 Å². The summed E-state index contributed by atoms with van der Waals surface area (Å²) in [6, 6.07) is 6.60. The van der Waals surface area contributed by atoms with Crippen LogP contribution in [0.5, 0.6) is 0 Å². The van der Waals surface area contributed by atoms with Gasteiger partial charge in [0, 0.05) is 18.6 Å². The van der Waals surface area contributed by atoms with E-state index < -0.39 is 0 Å². The molecule has 0 saturated carbocycles. The number of benzene rings is 1. The largest absolute Gasteiger partial charge is 0.313 e. The van der Waals surface area contributed by atoms with Crippen LogP contribution < -0.4 is 0 Å². The molecule has 1 aromatic heterocycles. The Bertz CT molecular complexity index is 531. The molecular formula is C15H17FN2. The second-order valence-electron chi connectivity index (χ2n) is 5.31. The van der Waals surface area contributed by atoms with Crippen LogP contribution in [0.2, 0.25) is 0 Å². The summed E-state index contributed by atoms with van der Waals surface area (Å²) in [6.45, 7) is 6.41. The molecule has 94 valence electrons. The highest BCUT2D eigenvalue weighted by atomic mass is 19.1. The van der Waals surface area contributed by atoms with Crippen molar-refractivity contribution in [1.82, 2.24) is 9.55 Å². The maximum atomic E-state index is 13.0. The first-order valence-corrected chi connectivity index (χ1v) is 5.92. The van der Waals surface area contributed by atoms with Crippen LogP contribution in [0.25, 0.3) is 11.8 Å². The minimum absolute atomic E-state index is 0.0257. The summed E-state index contributed by atoms with van der Waals surface area (Å²) in [7, 11) is 0. The average Bonchev–Trinajstić information content (AvgIpc) is 2.79. The van der Waals surface area contributed by atoms with Crippen molar-refractivity contribution in [3.63, 3.8) is 0 Å². The van der Waals surface area contributed by atoms with Crippen molar-refractivity contribution in [2.45, 2.75) is 20.8 Å². The summed E-state index contributed by atoms with van der Waals surface area (Å²) in [5.41, 5.74) is 2.14. The average molecular weight is 244 g/mol. The second kappa shape index (κ2) is 4.77. The molecule has 0 saturated heterocycles. The van der Waals surface area contributed by atoms with Gasteiger partial charge in [-0.3, -0.25) is 0 Å². The molecule has 3 heteroatoms. The normalized spacial score (nSPS) is 12.8. The van der Waals surface area contributed by atoms with Gasteiger partial charge in [-0.15, -0.1) is 0 Å². The predicted octanol–water partition coefficient (Wildman–Crippen LogP) is 4.07. The lowest BCUT2D eigenvalue weighted by molar-refractivity contribution is 0.567. The fourth-order valence-electron chi connectivity index (χ4n) is 1.83. The molecule has 2 rings (SSSR count). The molecule has 0 aliphatic rings. The van der Waals surface area contributed by atoms with Gasteiger partial charge in [0.25, 0.3) is 0 Å².